The van der Waals surface area contributed by atoms with E-state index in [4.69, 9.17) is 29.0 Å². The largest absolute Gasteiger partial charge is 0.271 e. The summed E-state index contributed by atoms with van der Waals surface area (Å²) >= 11 is 13.6. The van der Waals surface area contributed by atoms with E-state index in [2.05, 4.69) is 11.5 Å². The Bertz CT molecular complexity index is 429. The first kappa shape index (κ1) is 14.4. The van der Waals surface area contributed by atoms with Gasteiger partial charge in [-0.05, 0) is 31.7 Å². The number of thiophene rings is 1. The van der Waals surface area contributed by atoms with Crippen molar-refractivity contribution in [3.8, 4) is 0 Å². The van der Waals surface area contributed by atoms with Crippen molar-refractivity contribution in [2.24, 2.45) is 5.84 Å². The molecule has 1 aliphatic rings. The number of rotatable bonds is 3. The summed E-state index contributed by atoms with van der Waals surface area (Å²) in [5.74, 6) is 5.72. The van der Waals surface area contributed by atoms with Crippen LogP contribution < -0.4 is 11.3 Å². The van der Waals surface area contributed by atoms with Gasteiger partial charge in [-0.25, -0.2) is 5.43 Å². The summed E-state index contributed by atoms with van der Waals surface area (Å²) in [7, 11) is 0. The fraction of sp³-hybridized carbons (Fsp3) is 0.538. The minimum Gasteiger partial charge on any atom is -0.271 e. The molecule has 18 heavy (non-hydrogen) atoms. The lowest BCUT2D eigenvalue weighted by Crippen LogP contribution is -2.29. The standard InChI is InChI=1S/C13H18Cl2N2S/c14-11-8-10(13(15)18-11)12(17-16)9-6-4-2-1-3-5-7-9/h6,8,12,17H,1-5,7,16H2/b9-6+. The van der Waals surface area contributed by atoms with E-state index < -0.39 is 0 Å². The minimum atomic E-state index is -0.000602. The van der Waals surface area contributed by atoms with Crippen LogP contribution in [0, 0.1) is 0 Å². The summed E-state index contributed by atoms with van der Waals surface area (Å²) in [6.45, 7) is 0. The van der Waals surface area contributed by atoms with Crippen molar-refractivity contribution in [1.29, 1.82) is 0 Å². The highest BCUT2D eigenvalue weighted by atomic mass is 35.5. The van der Waals surface area contributed by atoms with Crippen LogP contribution >= 0.6 is 34.5 Å². The summed E-state index contributed by atoms with van der Waals surface area (Å²) in [5.41, 5.74) is 5.23. The topological polar surface area (TPSA) is 38.0 Å². The molecule has 0 aliphatic heterocycles. The number of halogens is 2. The summed E-state index contributed by atoms with van der Waals surface area (Å²) in [4.78, 5) is 0. The molecule has 0 spiro atoms. The Morgan fingerprint density at radius 3 is 2.67 bits per heavy atom. The van der Waals surface area contributed by atoms with Gasteiger partial charge >= 0.3 is 0 Å². The van der Waals surface area contributed by atoms with Crippen molar-refractivity contribution in [1.82, 2.24) is 5.43 Å². The van der Waals surface area contributed by atoms with Gasteiger partial charge in [-0.2, -0.15) is 0 Å². The van der Waals surface area contributed by atoms with Crippen LogP contribution in [0.25, 0.3) is 0 Å². The predicted molar refractivity (Wildman–Crippen MR) is 80.2 cm³/mol. The molecule has 1 atom stereocenters. The lowest BCUT2D eigenvalue weighted by Gasteiger charge is -2.21. The maximum atomic E-state index is 6.22. The van der Waals surface area contributed by atoms with Gasteiger partial charge in [0.1, 0.15) is 0 Å². The highest BCUT2D eigenvalue weighted by Gasteiger charge is 2.20. The molecule has 1 aliphatic carbocycles. The molecule has 0 saturated carbocycles. The first-order valence-electron chi connectivity index (χ1n) is 6.32. The van der Waals surface area contributed by atoms with E-state index in [0.29, 0.717) is 4.34 Å². The highest BCUT2D eigenvalue weighted by molar-refractivity contribution is 7.20. The Hall–Kier alpha value is -0.0600. The molecule has 0 radical (unpaired) electrons. The molecule has 0 bridgehead atoms. The monoisotopic (exact) mass is 304 g/mol. The number of hydrogen-bond acceptors (Lipinski definition) is 3. The molecular formula is C13H18Cl2N2S. The molecule has 2 nitrogen and oxygen atoms in total. The van der Waals surface area contributed by atoms with Gasteiger partial charge in [-0.15, -0.1) is 11.3 Å². The van der Waals surface area contributed by atoms with Gasteiger partial charge in [0.05, 0.1) is 14.7 Å². The van der Waals surface area contributed by atoms with Crippen LogP contribution in [0.1, 0.15) is 50.1 Å². The molecular weight excluding hydrogens is 287 g/mol. The average molecular weight is 305 g/mol. The van der Waals surface area contributed by atoms with Crippen molar-refractivity contribution in [3.63, 3.8) is 0 Å². The van der Waals surface area contributed by atoms with Crippen LogP contribution in [-0.2, 0) is 0 Å². The van der Waals surface area contributed by atoms with Crippen LogP contribution in [-0.4, -0.2) is 0 Å². The minimum absolute atomic E-state index is 0.000602. The Morgan fingerprint density at radius 1 is 1.22 bits per heavy atom. The number of nitrogens with two attached hydrogens (primary N) is 1. The quantitative estimate of drug-likeness (QED) is 0.476. The van der Waals surface area contributed by atoms with E-state index in [9.17, 15) is 0 Å². The van der Waals surface area contributed by atoms with Gasteiger partial charge in [0, 0.05) is 5.56 Å². The zero-order valence-corrected chi connectivity index (χ0v) is 12.5. The SMILES string of the molecule is NNC(/C1=C/CCCCCC1)c1cc(Cl)sc1Cl. The maximum Gasteiger partial charge on any atom is 0.0995 e. The third-order valence-corrected chi connectivity index (χ3v) is 4.88. The van der Waals surface area contributed by atoms with Crippen molar-refractivity contribution in [2.45, 2.75) is 44.6 Å². The van der Waals surface area contributed by atoms with Crippen LogP contribution in [0.5, 0.6) is 0 Å². The molecule has 100 valence electrons. The van der Waals surface area contributed by atoms with Gasteiger partial charge in [0.2, 0.25) is 0 Å². The van der Waals surface area contributed by atoms with Crippen molar-refractivity contribution < 1.29 is 0 Å². The fourth-order valence-electron chi connectivity index (χ4n) is 2.43. The lowest BCUT2D eigenvalue weighted by molar-refractivity contribution is 0.556. The van der Waals surface area contributed by atoms with Gasteiger partial charge in [0.25, 0.3) is 0 Å². The molecule has 1 aromatic rings. The molecule has 1 heterocycles. The molecule has 0 fully saturated rings. The number of allylic oxidation sites excluding steroid dienone is 1. The molecule has 3 N–H and O–H groups in total. The second-order valence-electron chi connectivity index (χ2n) is 4.61. The van der Waals surface area contributed by atoms with Crippen LogP contribution in [0.15, 0.2) is 17.7 Å². The van der Waals surface area contributed by atoms with E-state index >= 15 is 0 Å². The van der Waals surface area contributed by atoms with Crippen LogP contribution in [0.3, 0.4) is 0 Å². The summed E-state index contributed by atoms with van der Waals surface area (Å²) < 4.78 is 1.44. The highest BCUT2D eigenvalue weighted by Crippen LogP contribution is 2.38. The van der Waals surface area contributed by atoms with E-state index in [-0.39, 0.29) is 6.04 Å². The fourth-order valence-corrected chi connectivity index (χ4v) is 3.96. The van der Waals surface area contributed by atoms with E-state index in [1.54, 1.807) is 0 Å². The summed E-state index contributed by atoms with van der Waals surface area (Å²) in [6, 6.07) is 1.91. The molecule has 1 aromatic heterocycles. The Labute approximate surface area is 122 Å². The Morgan fingerprint density at radius 2 is 2.00 bits per heavy atom. The zero-order chi connectivity index (χ0) is 13.0. The summed E-state index contributed by atoms with van der Waals surface area (Å²) in [6.07, 6.45) is 9.63. The van der Waals surface area contributed by atoms with Crippen molar-refractivity contribution in [2.75, 3.05) is 0 Å². The van der Waals surface area contributed by atoms with Crippen molar-refractivity contribution in [3.05, 3.63) is 32.0 Å². The lowest BCUT2D eigenvalue weighted by atomic mass is 9.92. The van der Waals surface area contributed by atoms with Gasteiger partial charge in [-0.1, -0.05) is 47.7 Å². The van der Waals surface area contributed by atoms with Gasteiger partial charge in [0.15, 0.2) is 0 Å². The zero-order valence-electron chi connectivity index (χ0n) is 10.2. The summed E-state index contributed by atoms with van der Waals surface area (Å²) in [5, 5.41) is 0. The maximum absolute atomic E-state index is 6.22. The van der Waals surface area contributed by atoms with E-state index in [1.807, 2.05) is 6.07 Å². The number of hydrazine groups is 1. The van der Waals surface area contributed by atoms with Gasteiger partial charge in [-0.3, -0.25) is 5.84 Å². The third-order valence-electron chi connectivity index (χ3n) is 3.36. The van der Waals surface area contributed by atoms with E-state index in [1.165, 1.54) is 42.6 Å². The van der Waals surface area contributed by atoms with Crippen LogP contribution in [0.2, 0.25) is 8.67 Å². The first-order chi connectivity index (χ1) is 8.72. The second kappa shape index (κ2) is 6.92. The molecule has 0 amide bonds. The van der Waals surface area contributed by atoms with Crippen LogP contribution in [0.4, 0.5) is 0 Å². The second-order valence-corrected chi connectivity index (χ2v) is 6.90. The molecule has 0 aromatic carbocycles. The number of nitrogens with one attached hydrogen (secondary N) is 1. The first-order valence-corrected chi connectivity index (χ1v) is 7.89. The Kier molecular flexibility index (Phi) is 5.52. The van der Waals surface area contributed by atoms with Gasteiger partial charge < -0.3 is 0 Å². The number of hydrogen-bond donors (Lipinski definition) is 2. The molecule has 0 saturated heterocycles. The molecule has 1 unspecified atom stereocenters. The Balaban J connectivity index is 2.23. The average Bonchev–Trinajstić information content (AvgIpc) is 2.62. The predicted octanol–water partition coefficient (Wildman–Crippen LogP) is 4.84. The van der Waals surface area contributed by atoms with Crippen molar-refractivity contribution >= 4 is 34.5 Å². The third kappa shape index (κ3) is 3.49. The molecule has 2 rings (SSSR count). The smallest absolute Gasteiger partial charge is 0.0995 e. The normalized spacial score (nSPS) is 21.8. The van der Waals surface area contributed by atoms with E-state index in [0.717, 1.165) is 22.7 Å². The molecule has 5 heteroatoms.